The molecule has 1 aromatic rings. The molecule has 14 heavy (non-hydrogen) atoms. The fraction of sp³-hybridized carbons (Fsp3) is 0.727. The van der Waals surface area contributed by atoms with E-state index in [0.717, 1.165) is 24.1 Å². The van der Waals surface area contributed by atoms with Crippen LogP contribution in [0.3, 0.4) is 0 Å². The molecule has 3 nitrogen and oxygen atoms in total. The maximum atomic E-state index is 9.74. The predicted molar refractivity (Wildman–Crippen MR) is 57.6 cm³/mol. The molecule has 0 atom stereocenters. The monoisotopic (exact) mass is 196 g/mol. The highest BCUT2D eigenvalue weighted by molar-refractivity contribution is 5.36. The third-order valence-corrected chi connectivity index (χ3v) is 2.38. The topological polar surface area (TPSA) is 38.1 Å². The zero-order valence-corrected chi connectivity index (χ0v) is 9.76. The summed E-state index contributed by atoms with van der Waals surface area (Å²) in [6.45, 7) is 8.44. The first kappa shape index (κ1) is 11.1. The van der Waals surface area contributed by atoms with Gasteiger partial charge in [0.15, 0.2) is 0 Å². The maximum Gasteiger partial charge on any atom is 0.234 e. The highest BCUT2D eigenvalue weighted by atomic mass is 16.3. The van der Waals surface area contributed by atoms with Crippen LogP contribution in [0.2, 0.25) is 0 Å². The Morgan fingerprint density at radius 1 is 1.36 bits per heavy atom. The molecule has 0 aliphatic rings. The molecule has 1 rings (SSSR count). The van der Waals surface area contributed by atoms with Gasteiger partial charge in [-0.25, -0.2) is 0 Å². The lowest BCUT2D eigenvalue weighted by molar-refractivity contribution is 0.424. The summed E-state index contributed by atoms with van der Waals surface area (Å²) < 4.78 is 1.79. The number of aromatic nitrogens is 2. The van der Waals surface area contributed by atoms with Gasteiger partial charge in [0.25, 0.3) is 0 Å². The molecule has 0 fully saturated rings. The second-order valence-corrected chi connectivity index (χ2v) is 4.77. The second-order valence-electron chi connectivity index (χ2n) is 4.77. The Balaban J connectivity index is 3.25. The zero-order chi connectivity index (χ0) is 10.9. The van der Waals surface area contributed by atoms with E-state index in [1.54, 1.807) is 4.68 Å². The Labute approximate surface area is 85.8 Å². The highest BCUT2D eigenvalue weighted by Gasteiger charge is 2.25. The molecule has 0 radical (unpaired) electrons. The number of nitrogens with zero attached hydrogens (tertiary/aromatic N) is 2. The van der Waals surface area contributed by atoms with E-state index < -0.39 is 0 Å². The molecule has 1 aromatic heterocycles. The molecule has 0 unspecified atom stereocenters. The minimum Gasteiger partial charge on any atom is -0.492 e. The minimum atomic E-state index is -0.0388. The van der Waals surface area contributed by atoms with Crippen molar-refractivity contribution < 1.29 is 5.11 Å². The maximum absolute atomic E-state index is 9.74. The summed E-state index contributed by atoms with van der Waals surface area (Å²) in [5.74, 6) is 0.184. The van der Waals surface area contributed by atoms with Gasteiger partial charge in [-0.3, -0.25) is 4.68 Å². The highest BCUT2D eigenvalue weighted by Crippen LogP contribution is 2.33. The molecule has 3 heteroatoms. The van der Waals surface area contributed by atoms with Crippen LogP contribution in [-0.4, -0.2) is 14.9 Å². The number of rotatable bonds is 2. The zero-order valence-electron chi connectivity index (χ0n) is 9.76. The van der Waals surface area contributed by atoms with E-state index in [1.807, 2.05) is 7.05 Å². The van der Waals surface area contributed by atoms with E-state index in [0.29, 0.717) is 0 Å². The lowest BCUT2D eigenvalue weighted by Gasteiger charge is -2.19. The van der Waals surface area contributed by atoms with E-state index in [4.69, 9.17) is 0 Å². The van der Waals surface area contributed by atoms with Crippen molar-refractivity contribution in [1.29, 1.82) is 0 Å². The Kier molecular flexibility index (Phi) is 2.88. The van der Waals surface area contributed by atoms with Gasteiger partial charge in [-0.05, 0) is 11.8 Å². The Hall–Kier alpha value is -0.990. The minimum absolute atomic E-state index is 0.0388. The molecular weight excluding hydrogens is 176 g/mol. The van der Waals surface area contributed by atoms with Crippen LogP contribution in [0.4, 0.5) is 0 Å². The molecule has 1 heterocycles. The number of hydrogen-bond acceptors (Lipinski definition) is 2. The summed E-state index contributed by atoms with van der Waals surface area (Å²) in [6.07, 6.45) is 2.04. The quantitative estimate of drug-likeness (QED) is 0.788. The first-order valence-electron chi connectivity index (χ1n) is 5.13. The Morgan fingerprint density at radius 2 is 1.93 bits per heavy atom. The molecule has 0 spiro atoms. The molecule has 0 saturated carbocycles. The van der Waals surface area contributed by atoms with Crippen LogP contribution in [-0.2, 0) is 18.9 Å². The predicted octanol–water partition coefficient (Wildman–Crippen LogP) is 2.38. The molecule has 0 aromatic carbocycles. The van der Waals surface area contributed by atoms with Gasteiger partial charge in [0.05, 0.1) is 0 Å². The van der Waals surface area contributed by atoms with Crippen LogP contribution in [0.15, 0.2) is 0 Å². The molecule has 0 bridgehead atoms. The van der Waals surface area contributed by atoms with E-state index in [9.17, 15) is 5.11 Å². The summed E-state index contributed by atoms with van der Waals surface area (Å²) in [7, 11) is 1.89. The molecular formula is C11H20N2O. The Morgan fingerprint density at radius 3 is 2.36 bits per heavy atom. The van der Waals surface area contributed by atoms with Gasteiger partial charge in [-0.15, -0.1) is 5.10 Å². The largest absolute Gasteiger partial charge is 0.492 e. The van der Waals surface area contributed by atoms with Crippen LogP contribution >= 0.6 is 0 Å². The number of aromatic hydroxyl groups is 1. The second kappa shape index (κ2) is 3.64. The SMILES string of the molecule is CCCc1c(C(C)(C)C)c(O)nn1C. The van der Waals surface area contributed by atoms with Gasteiger partial charge >= 0.3 is 0 Å². The van der Waals surface area contributed by atoms with Crippen LogP contribution in [0.1, 0.15) is 45.4 Å². The summed E-state index contributed by atoms with van der Waals surface area (Å²) >= 11 is 0. The summed E-state index contributed by atoms with van der Waals surface area (Å²) in [5, 5.41) is 13.8. The average molecular weight is 196 g/mol. The van der Waals surface area contributed by atoms with Crippen molar-refractivity contribution in [2.75, 3.05) is 0 Å². The summed E-state index contributed by atoms with van der Waals surface area (Å²) in [6, 6.07) is 0. The van der Waals surface area contributed by atoms with Gasteiger partial charge < -0.3 is 5.11 Å². The normalized spacial score (nSPS) is 12.1. The van der Waals surface area contributed by atoms with E-state index >= 15 is 0 Å². The van der Waals surface area contributed by atoms with Crippen molar-refractivity contribution in [1.82, 2.24) is 9.78 Å². The number of hydrogen-bond donors (Lipinski definition) is 1. The first-order chi connectivity index (χ1) is 6.38. The molecule has 0 saturated heterocycles. The third-order valence-electron chi connectivity index (χ3n) is 2.38. The van der Waals surface area contributed by atoms with E-state index in [-0.39, 0.29) is 11.3 Å². The van der Waals surface area contributed by atoms with E-state index in [1.165, 1.54) is 0 Å². The van der Waals surface area contributed by atoms with Crippen molar-refractivity contribution >= 4 is 0 Å². The van der Waals surface area contributed by atoms with Crippen LogP contribution < -0.4 is 0 Å². The van der Waals surface area contributed by atoms with Crippen LogP contribution in [0.25, 0.3) is 0 Å². The van der Waals surface area contributed by atoms with Gasteiger partial charge in [0.2, 0.25) is 5.88 Å². The van der Waals surface area contributed by atoms with Crippen molar-refractivity contribution in [2.24, 2.45) is 7.05 Å². The van der Waals surface area contributed by atoms with E-state index in [2.05, 4.69) is 32.8 Å². The third kappa shape index (κ3) is 1.91. The molecule has 0 amide bonds. The van der Waals surface area contributed by atoms with Crippen molar-refractivity contribution in [3.63, 3.8) is 0 Å². The smallest absolute Gasteiger partial charge is 0.234 e. The van der Waals surface area contributed by atoms with Gasteiger partial charge in [0, 0.05) is 18.3 Å². The van der Waals surface area contributed by atoms with Crippen molar-refractivity contribution in [3.05, 3.63) is 11.3 Å². The van der Waals surface area contributed by atoms with Gasteiger partial charge in [0.1, 0.15) is 0 Å². The Bertz CT molecular complexity index is 321. The van der Waals surface area contributed by atoms with Crippen molar-refractivity contribution in [2.45, 2.75) is 46.0 Å². The molecule has 0 aliphatic heterocycles. The fourth-order valence-corrected chi connectivity index (χ4v) is 1.84. The van der Waals surface area contributed by atoms with Gasteiger partial charge in [-0.1, -0.05) is 34.1 Å². The molecule has 0 aliphatic carbocycles. The lowest BCUT2D eigenvalue weighted by Crippen LogP contribution is -2.14. The van der Waals surface area contributed by atoms with Gasteiger partial charge in [-0.2, -0.15) is 0 Å². The fourth-order valence-electron chi connectivity index (χ4n) is 1.84. The van der Waals surface area contributed by atoms with Crippen molar-refractivity contribution in [3.8, 4) is 5.88 Å². The average Bonchev–Trinajstić information content (AvgIpc) is 2.26. The van der Waals surface area contributed by atoms with Crippen LogP contribution in [0.5, 0.6) is 5.88 Å². The summed E-state index contributed by atoms with van der Waals surface area (Å²) in [5.41, 5.74) is 2.10. The lowest BCUT2D eigenvalue weighted by atomic mass is 9.86. The number of aryl methyl sites for hydroxylation is 1. The molecule has 80 valence electrons. The summed E-state index contributed by atoms with van der Waals surface area (Å²) in [4.78, 5) is 0. The molecule has 1 N–H and O–H groups in total. The first-order valence-corrected chi connectivity index (χ1v) is 5.13. The van der Waals surface area contributed by atoms with Crippen LogP contribution in [0, 0.1) is 0 Å². The standard InChI is InChI=1S/C11H20N2O/c1-6-7-8-9(11(2,3)4)10(14)12-13(8)5/h6-7H2,1-5H3,(H,12,14).